The Morgan fingerprint density at radius 2 is 2.14 bits per heavy atom. The van der Waals surface area contributed by atoms with Gasteiger partial charge in [0, 0.05) is 25.2 Å². The lowest BCUT2D eigenvalue weighted by Gasteiger charge is -2.40. The second kappa shape index (κ2) is 5.10. The normalized spacial score (nSPS) is 37.1. The summed E-state index contributed by atoms with van der Waals surface area (Å²) in [6, 6.07) is 1.22. The van der Waals surface area contributed by atoms with Crippen LogP contribution < -0.4 is 5.32 Å². The third-order valence-corrected chi connectivity index (χ3v) is 3.29. The minimum Gasteiger partial charge on any atom is -0.392 e. The van der Waals surface area contributed by atoms with Crippen LogP contribution in [0.25, 0.3) is 0 Å². The van der Waals surface area contributed by atoms with Gasteiger partial charge < -0.3 is 15.3 Å². The van der Waals surface area contributed by atoms with Crippen LogP contribution in [0.1, 0.15) is 27.2 Å². The van der Waals surface area contributed by atoms with E-state index in [2.05, 4.69) is 31.1 Å². The summed E-state index contributed by atoms with van der Waals surface area (Å²) in [6.07, 6.45) is 0.946. The molecule has 14 heavy (non-hydrogen) atoms. The SMILES string of the molecule is C[C@@H]1CN(C)[C@@H](C)C[C@@H]1NC[C@@H](C)O. The number of likely N-dealkylation sites (tertiary alicyclic amines) is 1. The summed E-state index contributed by atoms with van der Waals surface area (Å²) in [5.41, 5.74) is 0. The Kier molecular flexibility index (Phi) is 4.35. The molecule has 0 radical (unpaired) electrons. The first-order chi connectivity index (χ1) is 6.50. The maximum atomic E-state index is 9.21. The molecule has 0 amide bonds. The van der Waals surface area contributed by atoms with Crippen LogP contribution in [0.4, 0.5) is 0 Å². The van der Waals surface area contributed by atoms with E-state index in [9.17, 15) is 5.11 Å². The van der Waals surface area contributed by atoms with Crippen molar-refractivity contribution >= 4 is 0 Å². The van der Waals surface area contributed by atoms with Gasteiger partial charge in [-0.15, -0.1) is 0 Å². The van der Waals surface area contributed by atoms with Gasteiger partial charge in [-0.3, -0.25) is 0 Å². The zero-order valence-corrected chi connectivity index (χ0v) is 9.83. The molecule has 0 aromatic rings. The van der Waals surface area contributed by atoms with E-state index in [0.29, 0.717) is 24.5 Å². The van der Waals surface area contributed by atoms with Crippen LogP contribution in [0.15, 0.2) is 0 Å². The number of nitrogens with one attached hydrogen (secondary N) is 1. The summed E-state index contributed by atoms with van der Waals surface area (Å²) in [5.74, 6) is 0.676. The Balaban J connectivity index is 2.37. The molecule has 3 nitrogen and oxygen atoms in total. The molecule has 0 bridgehead atoms. The minimum atomic E-state index is -0.239. The molecule has 0 unspecified atom stereocenters. The topological polar surface area (TPSA) is 35.5 Å². The Hall–Kier alpha value is -0.120. The first-order valence-electron chi connectivity index (χ1n) is 5.62. The highest BCUT2D eigenvalue weighted by molar-refractivity contribution is 4.86. The van der Waals surface area contributed by atoms with E-state index >= 15 is 0 Å². The number of nitrogens with zero attached hydrogens (tertiary/aromatic N) is 1. The highest BCUT2D eigenvalue weighted by atomic mass is 16.3. The van der Waals surface area contributed by atoms with E-state index in [-0.39, 0.29) is 6.10 Å². The standard InChI is InChI=1S/C11H24N2O/c1-8-7-13(4)9(2)5-11(8)12-6-10(3)14/h8-12,14H,5-7H2,1-4H3/t8-,9+,10-,11+/m1/s1. The fourth-order valence-corrected chi connectivity index (χ4v) is 2.15. The smallest absolute Gasteiger partial charge is 0.0636 e. The maximum absolute atomic E-state index is 9.21. The van der Waals surface area contributed by atoms with Gasteiger partial charge in [-0.1, -0.05) is 6.92 Å². The van der Waals surface area contributed by atoms with Gasteiger partial charge in [0.25, 0.3) is 0 Å². The lowest BCUT2D eigenvalue weighted by Crippen LogP contribution is -2.51. The fourth-order valence-electron chi connectivity index (χ4n) is 2.15. The number of piperidine rings is 1. The Labute approximate surface area is 87.5 Å². The van der Waals surface area contributed by atoms with Gasteiger partial charge in [-0.05, 0) is 33.2 Å². The van der Waals surface area contributed by atoms with Gasteiger partial charge in [0.05, 0.1) is 6.10 Å². The molecule has 84 valence electrons. The van der Waals surface area contributed by atoms with Gasteiger partial charge in [-0.2, -0.15) is 0 Å². The number of aliphatic hydroxyl groups excluding tert-OH is 1. The molecule has 0 aromatic heterocycles. The summed E-state index contributed by atoms with van der Waals surface area (Å²) in [5, 5.41) is 12.7. The molecular formula is C11H24N2O. The third-order valence-electron chi connectivity index (χ3n) is 3.29. The highest BCUT2D eigenvalue weighted by Gasteiger charge is 2.28. The number of rotatable bonds is 3. The van der Waals surface area contributed by atoms with Gasteiger partial charge in [0.2, 0.25) is 0 Å². The average molecular weight is 200 g/mol. The highest BCUT2D eigenvalue weighted by Crippen LogP contribution is 2.20. The molecular weight excluding hydrogens is 176 g/mol. The van der Waals surface area contributed by atoms with Crippen LogP contribution in [-0.4, -0.2) is 48.3 Å². The summed E-state index contributed by atoms with van der Waals surface area (Å²) in [6.45, 7) is 8.24. The van der Waals surface area contributed by atoms with Crippen LogP contribution in [0, 0.1) is 5.92 Å². The molecule has 3 heteroatoms. The van der Waals surface area contributed by atoms with Gasteiger partial charge in [0.15, 0.2) is 0 Å². The minimum absolute atomic E-state index is 0.239. The lowest BCUT2D eigenvalue weighted by molar-refractivity contribution is 0.109. The van der Waals surface area contributed by atoms with Crippen molar-refractivity contribution < 1.29 is 5.11 Å². The van der Waals surface area contributed by atoms with Crippen molar-refractivity contribution in [2.75, 3.05) is 20.1 Å². The van der Waals surface area contributed by atoms with Crippen molar-refractivity contribution in [1.82, 2.24) is 10.2 Å². The molecule has 0 spiro atoms. The van der Waals surface area contributed by atoms with Gasteiger partial charge in [0.1, 0.15) is 0 Å². The van der Waals surface area contributed by atoms with Crippen molar-refractivity contribution in [3.63, 3.8) is 0 Å². The van der Waals surface area contributed by atoms with E-state index in [1.807, 2.05) is 6.92 Å². The van der Waals surface area contributed by atoms with Gasteiger partial charge in [-0.25, -0.2) is 0 Å². The molecule has 1 fully saturated rings. The molecule has 1 aliphatic heterocycles. The van der Waals surface area contributed by atoms with Crippen molar-refractivity contribution in [1.29, 1.82) is 0 Å². The van der Waals surface area contributed by atoms with E-state index in [0.717, 1.165) is 6.54 Å². The molecule has 1 saturated heterocycles. The summed E-state index contributed by atoms with van der Waals surface area (Å²) in [4.78, 5) is 2.41. The zero-order chi connectivity index (χ0) is 10.7. The Bertz CT molecular complexity index is 173. The lowest BCUT2D eigenvalue weighted by atomic mass is 9.90. The van der Waals surface area contributed by atoms with Crippen LogP contribution in [0.2, 0.25) is 0 Å². The average Bonchev–Trinajstić information content (AvgIpc) is 2.09. The van der Waals surface area contributed by atoms with Gasteiger partial charge >= 0.3 is 0 Å². The second-order valence-corrected chi connectivity index (χ2v) is 4.87. The third kappa shape index (κ3) is 3.23. The van der Waals surface area contributed by atoms with Crippen LogP contribution in [0.3, 0.4) is 0 Å². The number of aliphatic hydroxyl groups is 1. The van der Waals surface area contributed by atoms with E-state index in [1.54, 1.807) is 0 Å². The largest absolute Gasteiger partial charge is 0.392 e. The van der Waals surface area contributed by atoms with Crippen molar-refractivity contribution in [2.24, 2.45) is 5.92 Å². The summed E-state index contributed by atoms with van der Waals surface area (Å²) >= 11 is 0. The predicted octanol–water partition coefficient (Wildman–Crippen LogP) is 0.685. The molecule has 0 saturated carbocycles. The Morgan fingerprint density at radius 3 is 2.71 bits per heavy atom. The molecule has 1 rings (SSSR count). The zero-order valence-electron chi connectivity index (χ0n) is 9.83. The van der Waals surface area contributed by atoms with E-state index in [4.69, 9.17) is 0 Å². The van der Waals surface area contributed by atoms with Crippen LogP contribution in [0.5, 0.6) is 0 Å². The predicted molar refractivity (Wildman–Crippen MR) is 59.3 cm³/mol. The fraction of sp³-hybridized carbons (Fsp3) is 1.00. The van der Waals surface area contributed by atoms with Crippen LogP contribution in [-0.2, 0) is 0 Å². The number of hydrogen-bond donors (Lipinski definition) is 2. The van der Waals surface area contributed by atoms with E-state index in [1.165, 1.54) is 6.42 Å². The van der Waals surface area contributed by atoms with Crippen molar-refractivity contribution in [3.8, 4) is 0 Å². The molecule has 2 N–H and O–H groups in total. The molecule has 0 aliphatic carbocycles. The van der Waals surface area contributed by atoms with Crippen molar-refractivity contribution in [2.45, 2.75) is 45.4 Å². The summed E-state index contributed by atoms with van der Waals surface area (Å²) < 4.78 is 0. The molecule has 1 heterocycles. The molecule has 1 aliphatic rings. The van der Waals surface area contributed by atoms with Crippen molar-refractivity contribution in [3.05, 3.63) is 0 Å². The van der Waals surface area contributed by atoms with E-state index < -0.39 is 0 Å². The quantitative estimate of drug-likeness (QED) is 0.703. The molecule has 0 aromatic carbocycles. The second-order valence-electron chi connectivity index (χ2n) is 4.87. The first-order valence-corrected chi connectivity index (χ1v) is 5.62. The summed E-state index contributed by atoms with van der Waals surface area (Å²) in [7, 11) is 2.19. The van der Waals surface area contributed by atoms with Crippen LogP contribution >= 0.6 is 0 Å². The number of hydrogen-bond acceptors (Lipinski definition) is 3. The first kappa shape index (κ1) is 12.0. The molecule has 4 atom stereocenters. The monoisotopic (exact) mass is 200 g/mol. The maximum Gasteiger partial charge on any atom is 0.0636 e. The Morgan fingerprint density at radius 1 is 1.50 bits per heavy atom.